The summed E-state index contributed by atoms with van der Waals surface area (Å²) in [6.07, 6.45) is 18.9. The number of benzene rings is 2. The van der Waals surface area contributed by atoms with Crippen molar-refractivity contribution in [2.75, 3.05) is 0 Å². The molecule has 0 saturated heterocycles. The minimum Gasteiger partial charge on any atom is -0.294 e. The van der Waals surface area contributed by atoms with Gasteiger partial charge in [-0.25, -0.2) is 0 Å². The van der Waals surface area contributed by atoms with Gasteiger partial charge in [0.1, 0.15) is 0 Å². The van der Waals surface area contributed by atoms with E-state index in [1.54, 1.807) is 0 Å². The molecule has 2 aromatic rings. The molecule has 2 aromatic carbocycles. The molecule has 0 radical (unpaired) electrons. The lowest BCUT2D eigenvalue weighted by molar-refractivity contribution is 0.0980. The monoisotopic (exact) mass is 472 g/mol. The summed E-state index contributed by atoms with van der Waals surface area (Å²) in [7, 11) is 0. The van der Waals surface area contributed by atoms with Crippen LogP contribution in [-0.4, -0.2) is 5.78 Å². The van der Waals surface area contributed by atoms with Gasteiger partial charge in [-0.2, -0.15) is 0 Å². The molecule has 0 bridgehead atoms. The molecule has 0 heterocycles. The van der Waals surface area contributed by atoms with E-state index in [-0.39, 0.29) is 0 Å². The molecule has 190 valence electrons. The number of carbonyl (C=O) groups is 1. The lowest BCUT2D eigenvalue weighted by atomic mass is 9.77. The molecule has 1 heteroatoms. The van der Waals surface area contributed by atoms with Gasteiger partial charge < -0.3 is 0 Å². The second-order valence-electron chi connectivity index (χ2n) is 11.7. The van der Waals surface area contributed by atoms with Crippen molar-refractivity contribution in [1.29, 1.82) is 0 Å². The van der Waals surface area contributed by atoms with Crippen LogP contribution in [-0.2, 0) is 6.42 Å². The van der Waals surface area contributed by atoms with Crippen molar-refractivity contribution >= 4 is 5.78 Å². The summed E-state index contributed by atoms with van der Waals surface area (Å²) in [5.41, 5.74) is 5.23. The molecule has 4 rings (SSSR count). The summed E-state index contributed by atoms with van der Waals surface area (Å²) in [5.74, 6) is 3.66. The highest BCUT2D eigenvalue weighted by Gasteiger charge is 2.23. The molecular weight excluding hydrogens is 424 g/mol. The maximum atomic E-state index is 12.8. The normalized spacial score (nSPS) is 24.9. The molecule has 2 aliphatic carbocycles. The number of ketones is 1. The summed E-state index contributed by atoms with van der Waals surface area (Å²) >= 11 is 0. The SMILES string of the molecule is CCC[C@H]1CC[C@H](c2ccc(CCCC(=O)c3ccc([C@H]4CC[C@H](CCC)CC4)cc3)cc2)CC1. The number of Topliss-reactive ketones (excluding diaryl/α,β-unsaturated/α-hetero) is 1. The minimum atomic E-state index is 0.295. The number of hydrogen-bond donors (Lipinski definition) is 0. The van der Waals surface area contributed by atoms with Crippen LogP contribution in [0, 0.1) is 11.8 Å². The number of hydrogen-bond acceptors (Lipinski definition) is 1. The van der Waals surface area contributed by atoms with Crippen molar-refractivity contribution < 1.29 is 4.79 Å². The van der Waals surface area contributed by atoms with Gasteiger partial charge in [0.15, 0.2) is 5.78 Å². The third-order valence-electron chi connectivity index (χ3n) is 9.11. The Hall–Kier alpha value is -1.89. The van der Waals surface area contributed by atoms with Crippen LogP contribution in [0.1, 0.15) is 143 Å². The molecule has 0 aliphatic heterocycles. The van der Waals surface area contributed by atoms with Gasteiger partial charge in [-0.05, 0) is 105 Å². The zero-order chi connectivity index (χ0) is 24.5. The first-order valence-electron chi connectivity index (χ1n) is 14.9. The van der Waals surface area contributed by atoms with Crippen LogP contribution in [0.3, 0.4) is 0 Å². The molecule has 0 atom stereocenters. The van der Waals surface area contributed by atoms with Crippen LogP contribution in [0.2, 0.25) is 0 Å². The van der Waals surface area contributed by atoms with Crippen LogP contribution in [0.5, 0.6) is 0 Å². The Labute approximate surface area is 215 Å². The van der Waals surface area contributed by atoms with Gasteiger partial charge in [-0.3, -0.25) is 4.79 Å². The summed E-state index contributed by atoms with van der Waals surface area (Å²) in [6.45, 7) is 4.62. The highest BCUT2D eigenvalue weighted by Crippen LogP contribution is 2.38. The first kappa shape index (κ1) is 26.2. The Morgan fingerprint density at radius 3 is 1.57 bits per heavy atom. The zero-order valence-corrected chi connectivity index (χ0v) is 22.4. The second-order valence-corrected chi connectivity index (χ2v) is 11.7. The van der Waals surface area contributed by atoms with Gasteiger partial charge in [-0.15, -0.1) is 0 Å². The fourth-order valence-corrected chi connectivity index (χ4v) is 6.88. The van der Waals surface area contributed by atoms with Crippen LogP contribution in [0.15, 0.2) is 48.5 Å². The number of carbonyl (C=O) groups excluding carboxylic acids is 1. The summed E-state index contributed by atoms with van der Waals surface area (Å²) < 4.78 is 0. The molecule has 0 spiro atoms. The van der Waals surface area contributed by atoms with E-state index in [2.05, 4.69) is 62.4 Å². The van der Waals surface area contributed by atoms with Crippen molar-refractivity contribution in [2.24, 2.45) is 11.8 Å². The quantitative estimate of drug-likeness (QED) is 0.297. The Morgan fingerprint density at radius 1 is 0.657 bits per heavy atom. The van der Waals surface area contributed by atoms with Crippen LogP contribution in [0.4, 0.5) is 0 Å². The molecule has 0 N–H and O–H groups in total. The van der Waals surface area contributed by atoms with E-state index in [1.165, 1.54) is 93.7 Å². The molecule has 2 aliphatic rings. The smallest absolute Gasteiger partial charge is 0.162 e. The molecule has 0 amide bonds. The van der Waals surface area contributed by atoms with E-state index in [0.717, 1.165) is 36.2 Å². The van der Waals surface area contributed by atoms with Gasteiger partial charge in [0.2, 0.25) is 0 Å². The second kappa shape index (κ2) is 13.4. The molecule has 0 aromatic heterocycles. The lowest BCUT2D eigenvalue weighted by Crippen LogP contribution is -2.13. The highest BCUT2D eigenvalue weighted by atomic mass is 16.1. The molecular formula is C34H48O. The Balaban J connectivity index is 1.19. The van der Waals surface area contributed by atoms with Crippen molar-refractivity contribution in [3.8, 4) is 0 Å². The minimum absolute atomic E-state index is 0.295. The van der Waals surface area contributed by atoms with Gasteiger partial charge in [0, 0.05) is 12.0 Å². The van der Waals surface area contributed by atoms with Gasteiger partial charge in [-0.1, -0.05) is 88.1 Å². The van der Waals surface area contributed by atoms with Crippen LogP contribution in [0.25, 0.3) is 0 Å². The molecule has 35 heavy (non-hydrogen) atoms. The average molecular weight is 473 g/mol. The largest absolute Gasteiger partial charge is 0.294 e. The van der Waals surface area contributed by atoms with E-state index < -0.39 is 0 Å². The van der Waals surface area contributed by atoms with E-state index in [0.29, 0.717) is 18.1 Å². The van der Waals surface area contributed by atoms with Gasteiger partial charge in [0.05, 0.1) is 0 Å². The predicted molar refractivity (Wildman–Crippen MR) is 149 cm³/mol. The molecule has 2 saturated carbocycles. The predicted octanol–water partition coefficient (Wildman–Crippen LogP) is 10.0. The van der Waals surface area contributed by atoms with Gasteiger partial charge in [0.25, 0.3) is 0 Å². The number of rotatable bonds is 11. The van der Waals surface area contributed by atoms with Crippen molar-refractivity contribution in [1.82, 2.24) is 0 Å². The summed E-state index contributed by atoms with van der Waals surface area (Å²) in [5, 5.41) is 0. The maximum Gasteiger partial charge on any atom is 0.162 e. The van der Waals surface area contributed by atoms with Gasteiger partial charge >= 0.3 is 0 Å². The topological polar surface area (TPSA) is 17.1 Å². The lowest BCUT2D eigenvalue weighted by Gasteiger charge is -2.28. The third kappa shape index (κ3) is 7.55. The third-order valence-corrected chi connectivity index (χ3v) is 9.11. The van der Waals surface area contributed by atoms with Crippen molar-refractivity contribution in [3.63, 3.8) is 0 Å². The Kier molecular flexibility index (Phi) is 10.0. The van der Waals surface area contributed by atoms with Crippen LogP contribution >= 0.6 is 0 Å². The summed E-state index contributed by atoms with van der Waals surface area (Å²) in [4.78, 5) is 12.8. The Morgan fingerprint density at radius 2 is 1.11 bits per heavy atom. The highest BCUT2D eigenvalue weighted by molar-refractivity contribution is 5.96. The summed E-state index contributed by atoms with van der Waals surface area (Å²) in [6, 6.07) is 18.0. The van der Waals surface area contributed by atoms with Crippen molar-refractivity contribution in [3.05, 3.63) is 70.8 Å². The standard InChI is InChI=1S/C34H48O/c1-3-6-26-10-16-29(17-11-26)30-20-14-28(15-21-30)8-5-9-34(35)33-24-22-32(23-25-33)31-18-12-27(7-4-2)13-19-31/h14-15,20-27,29,31H,3-13,16-19H2,1-2H3/t26-,27-,29-,31-. The van der Waals surface area contributed by atoms with E-state index in [4.69, 9.17) is 0 Å². The Bertz CT molecular complexity index is 877. The number of aryl methyl sites for hydroxylation is 1. The molecule has 1 nitrogen and oxygen atoms in total. The molecule has 0 unspecified atom stereocenters. The zero-order valence-electron chi connectivity index (χ0n) is 22.4. The van der Waals surface area contributed by atoms with E-state index in [9.17, 15) is 4.79 Å². The molecule has 2 fully saturated rings. The van der Waals surface area contributed by atoms with Crippen LogP contribution < -0.4 is 0 Å². The average Bonchev–Trinajstić information content (AvgIpc) is 2.90. The first-order chi connectivity index (χ1) is 17.2. The van der Waals surface area contributed by atoms with E-state index in [1.807, 2.05) is 0 Å². The van der Waals surface area contributed by atoms with E-state index >= 15 is 0 Å². The fourth-order valence-electron chi connectivity index (χ4n) is 6.88. The fraction of sp³-hybridized carbons (Fsp3) is 0.618. The first-order valence-corrected chi connectivity index (χ1v) is 14.9. The van der Waals surface area contributed by atoms with Crippen molar-refractivity contribution in [2.45, 2.75) is 122 Å². The maximum absolute atomic E-state index is 12.8.